The van der Waals surface area contributed by atoms with Crippen molar-refractivity contribution in [2.24, 2.45) is 0 Å². The Morgan fingerprint density at radius 3 is 2.85 bits per heavy atom. The van der Waals surface area contributed by atoms with Crippen molar-refractivity contribution in [1.82, 2.24) is 0 Å². The topological polar surface area (TPSA) is 35.8 Å². The summed E-state index contributed by atoms with van der Waals surface area (Å²) in [6.45, 7) is 3.07. The third-order valence-electron chi connectivity index (χ3n) is 1.67. The number of halogens is 1. The highest BCUT2D eigenvalue weighted by atomic mass is 79.9. The van der Waals surface area contributed by atoms with Gasteiger partial charge in [0.05, 0.1) is 5.56 Å². The second-order valence-corrected chi connectivity index (χ2v) is 3.59. The van der Waals surface area contributed by atoms with Crippen molar-refractivity contribution in [1.29, 1.82) is 5.26 Å². The summed E-state index contributed by atoms with van der Waals surface area (Å²) in [5.41, 5.74) is 1.72. The maximum Gasteiger partial charge on any atom is 0.100 e. The Morgan fingerprint density at radius 1 is 1.54 bits per heavy atom. The van der Waals surface area contributed by atoms with Crippen molar-refractivity contribution in [3.8, 4) is 6.07 Å². The van der Waals surface area contributed by atoms with Crippen molar-refractivity contribution in [3.63, 3.8) is 0 Å². The summed E-state index contributed by atoms with van der Waals surface area (Å²) in [6, 6.07) is 7.75. The second-order valence-electron chi connectivity index (χ2n) is 2.73. The van der Waals surface area contributed by atoms with Gasteiger partial charge in [-0.3, -0.25) is 0 Å². The first-order chi connectivity index (χ1) is 6.27. The average Bonchev–Trinajstić information content (AvgIpc) is 2.15. The van der Waals surface area contributed by atoms with Gasteiger partial charge in [-0.05, 0) is 40.5 Å². The van der Waals surface area contributed by atoms with E-state index in [1.807, 2.05) is 18.2 Å². The van der Waals surface area contributed by atoms with Gasteiger partial charge >= 0.3 is 0 Å². The van der Waals surface area contributed by atoms with E-state index in [9.17, 15) is 0 Å². The lowest BCUT2D eigenvalue weighted by Gasteiger charge is -2.05. The first-order valence-corrected chi connectivity index (χ1v) is 5.00. The molecule has 13 heavy (non-hydrogen) atoms. The molecule has 1 rings (SSSR count). The fraction of sp³-hybridized carbons (Fsp3) is 0.300. The zero-order valence-electron chi connectivity index (χ0n) is 7.47. The van der Waals surface area contributed by atoms with E-state index in [4.69, 9.17) is 5.26 Å². The van der Waals surface area contributed by atoms with Crippen molar-refractivity contribution >= 4 is 21.6 Å². The van der Waals surface area contributed by atoms with Gasteiger partial charge in [-0.15, -0.1) is 0 Å². The standard InChI is InChI=1S/C10H11BrN2/c1-2-5-13-9-4-3-8(7-12)10(11)6-9/h3-4,6,13H,2,5H2,1H3. The van der Waals surface area contributed by atoms with E-state index in [2.05, 4.69) is 34.2 Å². The molecule has 0 amide bonds. The summed E-state index contributed by atoms with van der Waals surface area (Å²) in [7, 11) is 0. The lowest BCUT2D eigenvalue weighted by molar-refractivity contribution is 0.979. The smallest absolute Gasteiger partial charge is 0.100 e. The van der Waals surface area contributed by atoms with E-state index < -0.39 is 0 Å². The second kappa shape index (κ2) is 4.88. The lowest BCUT2D eigenvalue weighted by Crippen LogP contribution is -1.99. The molecule has 0 atom stereocenters. The van der Waals surface area contributed by atoms with Crippen LogP contribution in [0.1, 0.15) is 18.9 Å². The lowest BCUT2D eigenvalue weighted by atomic mass is 10.2. The third-order valence-corrected chi connectivity index (χ3v) is 2.32. The van der Waals surface area contributed by atoms with E-state index in [-0.39, 0.29) is 0 Å². The Kier molecular flexibility index (Phi) is 3.78. The van der Waals surface area contributed by atoms with Gasteiger partial charge in [0.1, 0.15) is 6.07 Å². The molecule has 0 fully saturated rings. The highest BCUT2D eigenvalue weighted by molar-refractivity contribution is 9.10. The molecule has 0 aliphatic carbocycles. The summed E-state index contributed by atoms with van der Waals surface area (Å²) in [5, 5.41) is 11.9. The number of nitrogens with one attached hydrogen (secondary N) is 1. The van der Waals surface area contributed by atoms with E-state index in [0.29, 0.717) is 5.56 Å². The zero-order chi connectivity index (χ0) is 9.68. The molecule has 3 heteroatoms. The molecule has 0 aliphatic rings. The van der Waals surface area contributed by atoms with Gasteiger partial charge in [0.2, 0.25) is 0 Å². The molecule has 0 bridgehead atoms. The van der Waals surface area contributed by atoms with Crippen molar-refractivity contribution < 1.29 is 0 Å². The number of nitrogens with zero attached hydrogens (tertiary/aromatic N) is 1. The van der Waals surface area contributed by atoms with E-state index in [1.165, 1.54) is 0 Å². The molecule has 2 nitrogen and oxygen atoms in total. The van der Waals surface area contributed by atoms with Gasteiger partial charge in [-0.25, -0.2) is 0 Å². The van der Waals surface area contributed by atoms with Crippen LogP contribution in [0.25, 0.3) is 0 Å². The van der Waals surface area contributed by atoms with Gasteiger partial charge < -0.3 is 5.32 Å². The van der Waals surface area contributed by atoms with E-state index in [1.54, 1.807) is 0 Å². The summed E-state index contributed by atoms with van der Waals surface area (Å²) >= 11 is 3.34. The number of rotatable bonds is 3. The molecule has 0 spiro atoms. The van der Waals surface area contributed by atoms with Crippen LogP contribution >= 0.6 is 15.9 Å². The Labute approximate surface area is 86.7 Å². The van der Waals surface area contributed by atoms with E-state index in [0.717, 1.165) is 23.1 Å². The van der Waals surface area contributed by atoms with Crippen LogP contribution < -0.4 is 5.32 Å². The van der Waals surface area contributed by atoms with Gasteiger partial charge in [0.15, 0.2) is 0 Å². The van der Waals surface area contributed by atoms with Crippen LogP contribution in [0, 0.1) is 11.3 Å². The predicted octanol–water partition coefficient (Wildman–Crippen LogP) is 3.14. The van der Waals surface area contributed by atoms with Crippen LogP contribution in [-0.2, 0) is 0 Å². The maximum absolute atomic E-state index is 8.68. The van der Waals surface area contributed by atoms with E-state index >= 15 is 0 Å². The zero-order valence-corrected chi connectivity index (χ0v) is 9.06. The summed E-state index contributed by atoms with van der Waals surface area (Å²) in [5.74, 6) is 0. The summed E-state index contributed by atoms with van der Waals surface area (Å²) in [4.78, 5) is 0. The minimum atomic E-state index is 0.669. The molecule has 0 saturated heterocycles. The van der Waals surface area contributed by atoms with Crippen LogP contribution in [-0.4, -0.2) is 6.54 Å². The number of anilines is 1. The summed E-state index contributed by atoms with van der Waals surface area (Å²) in [6.07, 6.45) is 1.09. The molecule has 0 aliphatic heterocycles. The minimum absolute atomic E-state index is 0.669. The SMILES string of the molecule is CCCNc1ccc(C#N)c(Br)c1. The van der Waals surface area contributed by atoms with Crippen LogP contribution in [0.3, 0.4) is 0 Å². The fourth-order valence-corrected chi connectivity index (χ4v) is 1.45. The van der Waals surface area contributed by atoms with Crippen LogP contribution in [0.5, 0.6) is 0 Å². The van der Waals surface area contributed by atoms with Gasteiger partial charge in [0, 0.05) is 16.7 Å². The monoisotopic (exact) mass is 238 g/mol. The normalized spacial score (nSPS) is 9.31. The average molecular weight is 239 g/mol. The molecule has 0 heterocycles. The number of hydrogen-bond acceptors (Lipinski definition) is 2. The Balaban J connectivity index is 2.79. The molecular formula is C10H11BrN2. The molecule has 68 valence electrons. The van der Waals surface area contributed by atoms with Crippen molar-refractivity contribution in [2.75, 3.05) is 11.9 Å². The van der Waals surface area contributed by atoms with Crippen molar-refractivity contribution in [2.45, 2.75) is 13.3 Å². The number of hydrogen-bond donors (Lipinski definition) is 1. The first-order valence-electron chi connectivity index (χ1n) is 4.21. The largest absolute Gasteiger partial charge is 0.385 e. The Hall–Kier alpha value is -1.01. The van der Waals surface area contributed by atoms with Crippen LogP contribution in [0.4, 0.5) is 5.69 Å². The van der Waals surface area contributed by atoms with Gasteiger partial charge in [0.25, 0.3) is 0 Å². The molecule has 0 aromatic heterocycles. The summed E-state index contributed by atoms with van der Waals surface area (Å²) < 4.78 is 0.844. The Bertz CT molecular complexity index is 328. The third kappa shape index (κ3) is 2.74. The number of benzene rings is 1. The minimum Gasteiger partial charge on any atom is -0.385 e. The quantitative estimate of drug-likeness (QED) is 0.879. The molecule has 0 saturated carbocycles. The van der Waals surface area contributed by atoms with Crippen LogP contribution in [0.15, 0.2) is 22.7 Å². The molecular weight excluding hydrogens is 228 g/mol. The Morgan fingerprint density at radius 2 is 2.31 bits per heavy atom. The highest BCUT2D eigenvalue weighted by Crippen LogP contribution is 2.20. The predicted molar refractivity (Wildman–Crippen MR) is 57.6 cm³/mol. The maximum atomic E-state index is 8.68. The van der Waals surface area contributed by atoms with Crippen molar-refractivity contribution in [3.05, 3.63) is 28.2 Å². The molecule has 1 aromatic rings. The number of nitriles is 1. The molecule has 0 unspecified atom stereocenters. The molecule has 0 radical (unpaired) electrons. The first kappa shape index (κ1) is 10.1. The van der Waals surface area contributed by atoms with Gasteiger partial charge in [-0.2, -0.15) is 5.26 Å². The fourth-order valence-electron chi connectivity index (χ4n) is 0.985. The molecule has 1 N–H and O–H groups in total. The van der Waals surface area contributed by atoms with Crippen LogP contribution in [0.2, 0.25) is 0 Å². The van der Waals surface area contributed by atoms with Gasteiger partial charge in [-0.1, -0.05) is 6.92 Å². The molecule has 1 aromatic carbocycles. The highest BCUT2D eigenvalue weighted by Gasteiger charge is 1.98.